The van der Waals surface area contributed by atoms with Crippen molar-refractivity contribution in [1.29, 1.82) is 0 Å². The van der Waals surface area contributed by atoms with E-state index in [1.807, 2.05) is 27.7 Å². The van der Waals surface area contributed by atoms with Crippen LogP contribution in [0.5, 0.6) is 0 Å². The van der Waals surface area contributed by atoms with Gasteiger partial charge in [0.25, 0.3) is 0 Å². The Hall–Kier alpha value is -1.40. The zero-order chi connectivity index (χ0) is 16.4. The number of aryl methyl sites for hydroxylation is 1. The minimum atomic E-state index is -3.75. The third-order valence-electron chi connectivity index (χ3n) is 3.62. The van der Waals surface area contributed by atoms with E-state index in [-0.39, 0.29) is 21.9 Å². The summed E-state index contributed by atoms with van der Waals surface area (Å²) in [5, 5.41) is 9.03. The van der Waals surface area contributed by atoms with Crippen LogP contribution in [0.15, 0.2) is 23.1 Å². The van der Waals surface area contributed by atoms with Gasteiger partial charge in [-0.05, 0) is 36.5 Å². The van der Waals surface area contributed by atoms with Gasteiger partial charge in [0.2, 0.25) is 10.0 Å². The van der Waals surface area contributed by atoms with Crippen LogP contribution in [-0.2, 0) is 16.4 Å². The van der Waals surface area contributed by atoms with Crippen molar-refractivity contribution in [2.75, 3.05) is 0 Å². The van der Waals surface area contributed by atoms with Gasteiger partial charge < -0.3 is 5.11 Å². The molecule has 1 rings (SSSR count). The average Bonchev–Trinajstić information content (AvgIpc) is 2.36. The van der Waals surface area contributed by atoms with Gasteiger partial charge in [-0.15, -0.1) is 0 Å². The maximum atomic E-state index is 12.5. The van der Waals surface area contributed by atoms with E-state index in [2.05, 4.69) is 4.72 Å². The standard InChI is InChI=1S/C15H23NO4S/c1-6-11-7-8-12(14(17)18)9-13(11)21(19,20)16-10(2)15(3,4)5/h7-10,16H,6H2,1-5H3,(H,17,18). The fourth-order valence-corrected chi connectivity index (χ4v) is 3.49. The molecule has 1 unspecified atom stereocenters. The molecule has 0 saturated carbocycles. The van der Waals surface area contributed by atoms with E-state index in [0.717, 1.165) is 0 Å². The van der Waals surface area contributed by atoms with Crippen LogP contribution in [-0.4, -0.2) is 25.5 Å². The van der Waals surface area contributed by atoms with Crippen LogP contribution in [0.1, 0.15) is 50.5 Å². The van der Waals surface area contributed by atoms with Crippen molar-refractivity contribution in [2.24, 2.45) is 5.41 Å². The SMILES string of the molecule is CCc1ccc(C(=O)O)cc1S(=O)(=O)NC(C)C(C)(C)C. The van der Waals surface area contributed by atoms with Crippen LogP contribution in [0.3, 0.4) is 0 Å². The molecule has 0 spiro atoms. The molecule has 2 N–H and O–H groups in total. The molecular formula is C15H23NO4S. The summed E-state index contributed by atoms with van der Waals surface area (Å²) in [6, 6.07) is 3.92. The van der Waals surface area contributed by atoms with Gasteiger partial charge in [0.05, 0.1) is 10.5 Å². The maximum Gasteiger partial charge on any atom is 0.335 e. The summed E-state index contributed by atoms with van der Waals surface area (Å²) in [4.78, 5) is 11.1. The number of hydrogen-bond acceptors (Lipinski definition) is 3. The first kappa shape index (κ1) is 17.7. The second-order valence-corrected chi connectivity index (χ2v) is 7.87. The maximum absolute atomic E-state index is 12.5. The molecule has 1 aromatic carbocycles. The molecule has 21 heavy (non-hydrogen) atoms. The normalized spacial score (nSPS) is 14.0. The molecule has 1 aromatic rings. The molecule has 6 heteroatoms. The Morgan fingerprint density at radius 2 is 1.90 bits per heavy atom. The highest BCUT2D eigenvalue weighted by Gasteiger charge is 2.27. The smallest absolute Gasteiger partial charge is 0.335 e. The van der Waals surface area contributed by atoms with E-state index in [9.17, 15) is 13.2 Å². The van der Waals surface area contributed by atoms with Crippen molar-refractivity contribution in [3.8, 4) is 0 Å². The quantitative estimate of drug-likeness (QED) is 0.875. The summed E-state index contributed by atoms with van der Waals surface area (Å²) in [5.41, 5.74) is 0.341. The predicted octanol–water partition coefficient (Wildman–Crippen LogP) is 2.66. The molecule has 0 aliphatic heterocycles. The van der Waals surface area contributed by atoms with Gasteiger partial charge in [0.1, 0.15) is 0 Å². The summed E-state index contributed by atoms with van der Waals surface area (Å²) in [5.74, 6) is -1.14. The number of rotatable bonds is 5. The van der Waals surface area contributed by atoms with E-state index >= 15 is 0 Å². The Morgan fingerprint density at radius 3 is 2.33 bits per heavy atom. The lowest BCUT2D eigenvalue weighted by atomic mass is 9.89. The number of sulfonamides is 1. The van der Waals surface area contributed by atoms with Crippen LogP contribution >= 0.6 is 0 Å². The highest BCUT2D eigenvalue weighted by Crippen LogP contribution is 2.23. The molecule has 0 bridgehead atoms. The molecule has 0 amide bonds. The van der Waals surface area contributed by atoms with Gasteiger partial charge in [0, 0.05) is 6.04 Å². The molecule has 0 aromatic heterocycles. The topological polar surface area (TPSA) is 83.5 Å². The number of carboxylic acids is 1. The Kier molecular flexibility index (Phi) is 5.17. The lowest BCUT2D eigenvalue weighted by molar-refractivity contribution is 0.0696. The van der Waals surface area contributed by atoms with Gasteiger partial charge in [-0.3, -0.25) is 0 Å². The molecule has 118 valence electrons. The van der Waals surface area contributed by atoms with Gasteiger partial charge >= 0.3 is 5.97 Å². The summed E-state index contributed by atoms with van der Waals surface area (Å²) < 4.78 is 27.7. The fourth-order valence-electron chi connectivity index (χ4n) is 1.70. The minimum Gasteiger partial charge on any atom is -0.478 e. The molecule has 0 saturated heterocycles. The van der Waals surface area contributed by atoms with Gasteiger partial charge in [-0.1, -0.05) is 33.8 Å². The molecule has 0 aliphatic carbocycles. The number of carboxylic acid groups (broad SMARTS) is 1. The Morgan fingerprint density at radius 1 is 1.33 bits per heavy atom. The number of benzene rings is 1. The van der Waals surface area contributed by atoms with Crippen LogP contribution in [0, 0.1) is 5.41 Å². The first-order valence-electron chi connectivity index (χ1n) is 6.87. The van der Waals surface area contributed by atoms with E-state index in [0.29, 0.717) is 12.0 Å². The van der Waals surface area contributed by atoms with Crippen molar-refractivity contribution in [3.63, 3.8) is 0 Å². The lowest BCUT2D eigenvalue weighted by Crippen LogP contribution is -2.41. The first-order valence-corrected chi connectivity index (χ1v) is 8.36. The summed E-state index contributed by atoms with van der Waals surface area (Å²) in [6.45, 7) is 9.45. The Bertz CT molecular complexity index is 630. The van der Waals surface area contributed by atoms with Gasteiger partial charge in [-0.2, -0.15) is 0 Å². The highest BCUT2D eigenvalue weighted by atomic mass is 32.2. The van der Waals surface area contributed by atoms with E-state index < -0.39 is 16.0 Å². The number of aromatic carboxylic acids is 1. The lowest BCUT2D eigenvalue weighted by Gasteiger charge is -2.28. The van der Waals surface area contributed by atoms with Gasteiger partial charge in [0.15, 0.2) is 0 Å². The molecule has 0 radical (unpaired) electrons. The van der Waals surface area contributed by atoms with E-state index in [1.54, 1.807) is 13.0 Å². The molecule has 0 fully saturated rings. The number of hydrogen-bond donors (Lipinski definition) is 2. The van der Waals surface area contributed by atoms with Crippen LogP contribution in [0.2, 0.25) is 0 Å². The third kappa shape index (κ3) is 4.28. The van der Waals surface area contributed by atoms with E-state index in [1.165, 1.54) is 12.1 Å². The highest BCUT2D eigenvalue weighted by molar-refractivity contribution is 7.89. The average molecular weight is 313 g/mol. The van der Waals surface area contributed by atoms with Crippen LogP contribution in [0.4, 0.5) is 0 Å². The van der Waals surface area contributed by atoms with Crippen molar-refractivity contribution in [1.82, 2.24) is 4.72 Å². The zero-order valence-corrected chi connectivity index (χ0v) is 13.9. The largest absolute Gasteiger partial charge is 0.478 e. The molecule has 5 nitrogen and oxygen atoms in total. The zero-order valence-electron chi connectivity index (χ0n) is 13.1. The first-order chi connectivity index (χ1) is 9.49. The number of carbonyl (C=O) groups is 1. The van der Waals surface area contributed by atoms with Crippen molar-refractivity contribution >= 4 is 16.0 Å². The minimum absolute atomic E-state index is 0.0315. The van der Waals surface area contributed by atoms with Crippen LogP contribution in [0.25, 0.3) is 0 Å². The second-order valence-electron chi connectivity index (χ2n) is 6.19. The third-order valence-corrected chi connectivity index (χ3v) is 5.24. The molecular weight excluding hydrogens is 290 g/mol. The monoisotopic (exact) mass is 313 g/mol. The fraction of sp³-hybridized carbons (Fsp3) is 0.533. The second kappa shape index (κ2) is 6.15. The van der Waals surface area contributed by atoms with Crippen LogP contribution < -0.4 is 4.72 Å². The molecule has 0 aliphatic rings. The predicted molar refractivity (Wildman–Crippen MR) is 82.0 cm³/mol. The summed E-state index contributed by atoms with van der Waals surface area (Å²) in [6.07, 6.45) is 0.514. The Labute approximate surface area is 126 Å². The van der Waals surface area contributed by atoms with Crippen molar-refractivity contribution < 1.29 is 18.3 Å². The number of nitrogens with one attached hydrogen (secondary N) is 1. The summed E-state index contributed by atoms with van der Waals surface area (Å²) >= 11 is 0. The van der Waals surface area contributed by atoms with Crippen molar-refractivity contribution in [2.45, 2.75) is 52.0 Å². The van der Waals surface area contributed by atoms with Gasteiger partial charge in [-0.25, -0.2) is 17.9 Å². The Balaban J connectivity index is 3.30. The van der Waals surface area contributed by atoms with Crippen molar-refractivity contribution in [3.05, 3.63) is 29.3 Å². The molecule has 1 atom stereocenters. The summed E-state index contributed by atoms with van der Waals surface area (Å²) in [7, 11) is -3.75. The molecule has 0 heterocycles. The van der Waals surface area contributed by atoms with E-state index in [4.69, 9.17) is 5.11 Å².